The number of amides is 2. The van der Waals surface area contributed by atoms with Crippen LogP contribution in [0.1, 0.15) is 35.1 Å². The molecule has 4 heteroatoms. The Balaban J connectivity index is 1.96. The fourth-order valence-corrected chi connectivity index (χ4v) is 5.68. The maximum Gasteiger partial charge on any atom is 0.234 e. The van der Waals surface area contributed by atoms with E-state index in [0.29, 0.717) is 0 Å². The monoisotopic (exact) mass is 333 g/mol. The highest BCUT2D eigenvalue weighted by Crippen LogP contribution is 2.64. The summed E-state index contributed by atoms with van der Waals surface area (Å²) in [5, 5.41) is 11.0. The van der Waals surface area contributed by atoms with Gasteiger partial charge in [-0.05, 0) is 29.2 Å². The van der Waals surface area contributed by atoms with Crippen molar-refractivity contribution in [3.63, 3.8) is 0 Å². The third kappa shape index (κ3) is 1.44. The SMILES string of the molecule is CC(O)C12c3ccccc3C(c3ccccc31)[C@@H]1C(=O)N(C)C(=O)[C@@H]12. The Kier molecular flexibility index (Phi) is 2.72. The second-order valence-corrected chi connectivity index (χ2v) is 7.44. The number of carbonyl (C=O) groups excluding carboxylic acids is 2. The van der Waals surface area contributed by atoms with E-state index in [-0.39, 0.29) is 17.7 Å². The van der Waals surface area contributed by atoms with E-state index in [0.717, 1.165) is 22.3 Å². The lowest BCUT2D eigenvalue weighted by Crippen LogP contribution is -2.58. The molecule has 0 spiro atoms. The minimum atomic E-state index is -0.871. The third-order valence-electron chi connectivity index (χ3n) is 6.56. The smallest absolute Gasteiger partial charge is 0.234 e. The molecule has 2 bridgehead atoms. The van der Waals surface area contributed by atoms with Crippen molar-refractivity contribution in [2.24, 2.45) is 11.8 Å². The maximum atomic E-state index is 13.1. The van der Waals surface area contributed by atoms with Gasteiger partial charge in [0.25, 0.3) is 0 Å². The van der Waals surface area contributed by atoms with Gasteiger partial charge in [0, 0.05) is 13.0 Å². The van der Waals surface area contributed by atoms with E-state index in [1.54, 1.807) is 14.0 Å². The summed E-state index contributed by atoms with van der Waals surface area (Å²) in [7, 11) is 1.56. The zero-order valence-electron chi connectivity index (χ0n) is 14.1. The molecular formula is C21H19NO3. The molecule has 1 N–H and O–H groups in total. The first-order chi connectivity index (χ1) is 12.0. The second kappa shape index (κ2) is 4.58. The molecular weight excluding hydrogens is 314 g/mol. The van der Waals surface area contributed by atoms with E-state index in [1.807, 2.05) is 48.5 Å². The predicted octanol–water partition coefficient (Wildman–Crippen LogP) is 2.04. The molecule has 1 heterocycles. The van der Waals surface area contributed by atoms with Gasteiger partial charge in [-0.1, -0.05) is 48.5 Å². The normalized spacial score (nSPS) is 33.1. The predicted molar refractivity (Wildman–Crippen MR) is 91.9 cm³/mol. The van der Waals surface area contributed by atoms with E-state index in [1.165, 1.54) is 4.90 Å². The van der Waals surface area contributed by atoms with Gasteiger partial charge in [-0.3, -0.25) is 14.5 Å². The molecule has 1 fully saturated rings. The number of rotatable bonds is 1. The van der Waals surface area contributed by atoms with Gasteiger partial charge >= 0.3 is 0 Å². The molecule has 6 rings (SSSR count). The van der Waals surface area contributed by atoms with E-state index in [2.05, 4.69) is 0 Å². The first kappa shape index (κ1) is 14.8. The molecule has 0 saturated carbocycles. The summed E-state index contributed by atoms with van der Waals surface area (Å²) in [6.07, 6.45) is -0.785. The Bertz CT molecular complexity index is 885. The minimum Gasteiger partial charge on any atom is -0.392 e. The van der Waals surface area contributed by atoms with Gasteiger partial charge in [0.1, 0.15) is 0 Å². The highest BCUT2D eigenvalue weighted by molar-refractivity contribution is 6.08. The Morgan fingerprint density at radius 1 is 0.960 bits per heavy atom. The fourth-order valence-electron chi connectivity index (χ4n) is 5.68. The van der Waals surface area contributed by atoms with E-state index >= 15 is 0 Å². The van der Waals surface area contributed by atoms with Crippen molar-refractivity contribution in [1.29, 1.82) is 0 Å². The molecule has 3 aliphatic carbocycles. The fraction of sp³-hybridized carbons (Fsp3) is 0.333. The summed E-state index contributed by atoms with van der Waals surface area (Å²) in [4.78, 5) is 27.3. The highest BCUT2D eigenvalue weighted by Gasteiger charge is 2.68. The zero-order chi connectivity index (χ0) is 17.5. The van der Waals surface area contributed by atoms with Crippen LogP contribution < -0.4 is 0 Å². The van der Waals surface area contributed by atoms with Crippen LogP contribution in [0.3, 0.4) is 0 Å². The van der Waals surface area contributed by atoms with Crippen LogP contribution in [0.2, 0.25) is 0 Å². The van der Waals surface area contributed by atoms with Crippen LogP contribution in [-0.4, -0.2) is 35.0 Å². The molecule has 2 aromatic rings. The van der Waals surface area contributed by atoms with Crippen LogP contribution in [0.4, 0.5) is 0 Å². The molecule has 2 amide bonds. The number of likely N-dealkylation sites (tertiary alicyclic amines) is 1. The zero-order valence-corrected chi connectivity index (χ0v) is 14.1. The van der Waals surface area contributed by atoms with Gasteiger partial charge in [0.05, 0.1) is 23.4 Å². The second-order valence-electron chi connectivity index (χ2n) is 7.44. The number of aliphatic hydroxyl groups excluding tert-OH is 1. The molecule has 4 nitrogen and oxygen atoms in total. The lowest BCUT2D eigenvalue weighted by Gasteiger charge is -2.55. The minimum absolute atomic E-state index is 0.126. The number of benzene rings is 2. The molecule has 3 atom stereocenters. The topological polar surface area (TPSA) is 57.6 Å². The number of aliphatic hydroxyl groups is 1. The summed E-state index contributed by atoms with van der Waals surface area (Å²) in [5.74, 6) is -1.41. The third-order valence-corrected chi connectivity index (χ3v) is 6.56. The van der Waals surface area contributed by atoms with Crippen LogP contribution in [0.5, 0.6) is 0 Å². The summed E-state index contributed by atoms with van der Waals surface area (Å²) in [5.41, 5.74) is 3.25. The van der Waals surface area contributed by atoms with Crippen molar-refractivity contribution >= 4 is 11.8 Å². The Morgan fingerprint density at radius 3 is 2.00 bits per heavy atom. The maximum absolute atomic E-state index is 13.1. The molecule has 2 aromatic carbocycles. The molecule has 0 radical (unpaired) electrons. The van der Waals surface area contributed by atoms with Crippen molar-refractivity contribution < 1.29 is 14.7 Å². The molecule has 0 aromatic heterocycles. The van der Waals surface area contributed by atoms with Gasteiger partial charge in [-0.2, -0.15) is 0 Å². The van der Waals surface area contributed by atoms with Crippen LogP contribution in [0, 0.1) is 11.8 Å². The summed E-state index contributed by atoms with van der Waals surface area (Å²) >= 11 is 0. The molecule has 25 heavy (non-hydrogen) atoms. The molecule has 1 unspecified atom stereocenters. The standard InChI is InChI=1S/C21H19NO3/c1-11(23)21-14-9-5-3-7-12(14)16(13-8-4-6-10-15(13)21)17-18(21)20(25)22(2)19(17)24/h3-11,16-18,23H,1-2H3/t11?,16?,17-,18+,21?/m0/s1. The first-order valence-electron chi connectivity index (χ1n) is 8.69. The van der Waals surface area contributed by atoms with Gasteiger partial charge in [0.2, 0.25) is 11.8 Å². The Morgan fingerprint density at radius 2 is 1.48 bits per heavy atom. The summed E-state index contributed by atoms with van der Waals surface area (Å²) in [6.45, 7) is 1.74. The first-order valence-corrected chi connectivity index (χ1v) is 8.69. The van der Waals surface area contributed by atoms with Crippen LogP contribution in [0.25, 0.3) is 0 Å². The van der Waals surface area contributed by atoms with Gasteiger partial charge in [-0.15, -0.1) is 0 Å². The van der Waals surface area contributed by atoms with Crippen LogP contribution in [-0.2, 0) is 15.0 Å². The quantitative estimate of drug-likeness (QED) is 0.813. The highest BCUT2D eigenvalue weighted by atomic mass is 16.3. The van der Waals surface area contributed by atoms with E-state index in [4.69, 9.17) is 0 Å². The number of nitrogens with zero attached hydrogens (tertiary/aromatic N) is 1. The van der Waals surface area contributed by atoms with Crippen molar-refractivity contribution in [2.75, 3.05) is 7.05 Å². The largest absolute Gasteiger partial charge is 0.392 e. The van der Waals surface area contributed by atoms with Gasteiger partial charge in [0.15, 0.2) is 0 Å². The van der Waals surface area contributed by atoms with Gasteiger partial charge in [-0.25, -0.2) is 0 Å². The molecule has 1 aliphatic heterocycles. The molecule has 1 saturated heterocycles. The number of hydrogen-bond donors (Lipinski definition) is 1. The summed E-state index contributed by atoms with van der Waals surface area (Å²) < 4.78 is 0. The van der Waals surface area contributed by atoms with E-state index in [9.17, 15) is 14.7 Å². The Labute approximate surface area is 146 Å². The van der Waals surface area contributed by atoms with Crippen molar-refractivity contribution in [3.05, 3.63) is 70.8 Å². The number of carbonyl (C=O) groups is 2. The number of imide groups is 1. The average Bonchev–Trinajstić information content (AvgIpc) is 2.86. The van der Waals surface area contributed by atoms with Crippen LogP contribution in [0.15, 0.2) is 48.5 Å². The number of hydrogen-bond acceptors (Lipinski definition) is 3. The average molecular weight is 333 g/mol. The lowest BCUT2D eigenvalue weighted by molar-refractivity contribution is -0.138. The Hall–Kier alpha value is -2.46. The molecule has 4 aliphatic rings. The van der Waals surface area contributed by atoms with E-state index < -0.39 is 23.4 Å². The molecule has 126 valence electrons. The van der Waals surface area contributed by atoms with Crippen LogP contribution >= 0.6 is 0 Å². The van der Waals surface area contributed by atoms with Gasteiger partial charge < -0.3 is 5.11 Å². The summed E-state index contributed by atoms with van der Waals surface area (Å²) in [6, 6.07) is 15.9. The van der Waals surface area contributed by atoms with Crippen molar-refractivity contribution in [3.8, 4) is 0 Å². The van der Waals surface area contributed by atoms with Crippen molar-refractivity contribution in [2.45, 2.75) is 24.4 Å². The lowest BCUT2D eigenvalue weighted by atomic mass is 9.46. The van der Waals surface area contributed by atoms with Crippen molar-refractivity contribution in [1.82, 2.24) is 4.90 Å².